The second-order valence-corrected chi connectivity index (χ2v) is 15.2. The summed E-state index contributed by atoms with van der Waals surface area (Å²) in [4.78, 5) is 44.7. The highest BCUT2D eigenvalue weighted by molar-refractivity contribution is 5.93. The molecule has 2 amide bonds. The molecule has 4 bridgehead atoms. The summed E-state index contributed by atoms with van der Waals surface area (Å²) < 4.78 is 61.9. The number of carbonyl (C=O) groups is 3. The summed E-state index contributed by atoms with van der Waals surface area (Å²) in [5.74, 6) is -1.06. The van der Waals surface area contributed by atoms with Gasteiger partial charge in [0.15, 0.2) is 0 Å². The highest BCUT2D eigenvalue weighted by Crippen LogP contribution is 2.42. The van der Waals surface area contributed by atoms with Crippen LogP contribution in [0.25, 0.3) is 22.2 Å². The summed E-state index contributed by atoms with van der Waals surface area (Å²) in [7, 11) is 1.53. The third kappa shape index (κ3) is 8.44. The number of nitrogens with one attached hydrogen (secondary N) is 2. The molecule has 2 aliphatic heterocycles. The fraction of sp³-hybridized carbons (Fsp3) is 0.579. The average Bonchev–Trinajstić information content (AvgIpc) is 3.79. The molecule has 2 N–H and O–H groups in total. The molecule has 1 saturated heterocycles. The van der Waals surface area contributed by atoms with E-state index in [1.807, 2.05) is 26.8 Å². The number of fused-ring (bicyclic) bond motifs is 3. The largest absolute Gasteiger partial charge is 0.464 e. The fourth-order valence-corrected chi connectivity index (χ4v) is 7.24. The van der Waals surface area contributed by atoms with Crippen LogP contribution in [0, 0.1) is 17.3 Å². The van der Waals surface area contributed by atoms with Gasteiger partial charge in [0.2, 0.25) is 5.91 Å². The number of cyclic esters (lactones) is 1. The van der Waals surface area contributed by atoms with Crippen LogP contribution in [0.3, 0.4) is 0 Å². The molecule has 0 unspecified atom stereocenters. The van der Waals surface area contributed by atoms with Crippen LogP contribution in [0.5, 0.6) is 0 Å². The van der Waals surface area contributed by atoms with E-state index in [9.17, 15) is 27.6 Å². The van der Waals surface area contributed by atoms with Gasteiger partial charge in [0.25, 0.3) is 5.91 Å². The molecule has 3 aromatic rings. The predicted octanol–water partition coefficient (Wildman–Crippen LogP) is 5.29. The van der Waals surface area contributed by atoms with Crippen molar-refractivity contribution >= 4 is 28.7 Å². The zero-order valence-electron chi connectivity index (χ0n) is 30.3. The first-order valence-corrected chi connectivity index (χ1v) is 18.0. The summed E-state index contributed by atoms with van der Waals surface area (Å²) in [5, 5.41) is 4.88. The maximum atomic E-state index is 14.4. The molecular formula is C38H48F3N5O6. The Morgan fingerprint density at radius 1 is 1.23 bits per heavy atom. The molecule has 0 radical (unpaired) electrons. The Hall–Kier alpha value is -4.01. The smallest absolute Gasteiger partial charge is 0.406 e. The van der Waals surface area contributed by atoms with Crippen molar-refractivity contribution in [3.05, 3.63) is 53.3 Å². The third-order valence-electron chi connectivity index (χ3n) is 10.3. The maximum absolute atomic E-state index is 14.4. The van der Waals surface area contributed by atoms with E-state index in [1.54, 1.807) is 37.4 Å². The molecule has 1 saturated carbocycles. The summed E-state index contributed by atoms with van der Waals surface area (Å²) >= 11 is 0. The van der Waals surface area contributed by atoms with Crippen molar-refractivity contribution < 1.29 is 41.8 Å². The number of rotatable bonds is 6. The number of ether oxygens (including phenoxy) is 3. The van der Waals surface area contributed by atoms with Gasteiger partial charge in [0.05, 0.1) is 37.3 Å². The number of hydrazine groups is 1. The van der Waals surface area contributed by atoms with Crippen LogP contribution in [0.2, 0.25) is 0 Å². The van der Waals surface area contributed by atoms with E-state index in [4.69, 9.17) is 14.2 Å². The molecule has 1 aromatic carbocycles. The van der Waals surface area contributed by atoms with Crippen molar-refractivity contribution in [1.82, 2.24) is 25.3 Å². The summed E-state index contributed by atoms with van der Waals surface area (Å²) in [6, 6.07) is 7.08. The highest BCUT2D eigenvalue weighted by atomic mass is 19.4. The molecule has 282 valence electrons. The predicted molar refractivity (Wildman–Crippen MR) is 187 cm³/mol. The SMILES string of the molecule is CO[C@@H](C)c1ncccc1-c1c2c3cc(ccc3n1CC(F)(F)F)CCOC[C@H](NC(=O)[C@H]1C[C@@H]1C)C(=O)N1CCC[C@H](N1)C(=O)OCC(C)(C)C2. The summed E-state index contributed by atoms with van der Waals surface area (Å²) in [6.07, 6.45) is -1.02. The van der Waals surface area contributed by atoms with Crippen LogP contribution in [0.1, 0.15) is 69.9 Å². The zero-order chi connectivity index (χ0) is 37.4. The number of hydrogen-bond acceptors (Lipinski definition) is 8. The second kappa shape index (κ2) is 15.2. The van der Waals surface area contributed by atoms with Crippen LogP contribution in [-0.2, 0) is 48.0 Å². The molecular weight excluding hydrogens is 679 g/mol. The molecule has 11 nitrogen and oxygen atoms in total. The van der Waals surface area contributed by atoms with Gasteiger partial charge in [-0.1, -0.05) is 26.8 Å². The van der Waals surface area contributed by atoms with Gasteiger partial charge in [-0.05, 0) is 80.3 Å². The summed E-state index contributed by atoms with van der Waals surface area (Å²) in [6.45, 7) is 6.81. The molecule has 2 fully saturated rings. The normalized spacial score (nSPS) is 25.0. The van der Waals surface area contributed by atoms with Gasteiger partial charge in [-0.15, -0.1) is 0 Å². The van der Waals surface area contributed by atoms with Crippen LogP contribution in [0.15, 0.2) is 36.5 Å². The minimum absolute atomic E-state index is 0.0243. The molecule has 14 heteroatoms. The molecule has 1 aliphatic carbocycles. The van der Waals surface area contributed by atoms with E-state index >= 15 is 0 Å². The Bertz CT molecular complexity index is 1810. The first-order valence-electron chi connectivity index (χ1n) is 18.0. The lowest BCUT2D eigenvalue weighted by Crippen LogP contribution is -2.61. The number of amides is 2. The van der Waals surface area contributed by atoms with Crippen molar-refractivity contribution in [2.45, 2.75) is 90.7 Å². The monoisotopic (exact) mass is 727 g/mol. The number of benzene rings is 1. The molecule has 0 spiro atoms. The number of methoxy groups -OCH3 is 1. The van der Waals surface area contributed by atoms with Crippen LogP contribution in [0.4, 0.5) is 13.2 Å². The summed E-state index contributed by atoms with van der Waals surface area (Å²) in [5.41, 5.74) is 5.61. The van der Waals surface area contributed by atoms with Gasteiger partial charge in [0.1, 0.15) is 18.6 Å². The van der Waals surface area contributed by atoms with Crippen molar-refractivity contribution in [2.75, 3.05) is 33.5 Å². The molecule has 3 aliphatic rings. The Balaban J connectivity index is 1.43. The van der Waals surface area contributed by atoms with Crippen molar-refractivity contribution in [3.8, 4) is 11.3 Å². The minimum atomic E-state index is -4.53. The second-order valence-electron chi connectivity index (χ2n) is 15.2. The average molecular weight is 728 g/mol. The molecule has 52 heavy (non-hydrogen) atoms. The first-order chi connectivity index (χ1) is 24.7. The molecule has 6 rings (SSSR count). The van der Waals surface area contributed by atoms with Crippen molar-refractivity contribution in [1.29, 1.82) is 0 Å². The highest BCUT2D eigenvalue weighted by Gasteiger charge is 2.42. The van der Waals surface area contributed by atoms with Crippen LogP contribution < -0.4 is 10.7 Å². The number of hydrogen-bond donors (Lipinski definition) is 2. The van der Waals surface area contributed by atoms with Gasteiger partial charge >= 0.3 is 12.1 Å². The van der Waals surface area contributed by atoms with Crippen LogP contribution >= 0.6 is 0 Å². The number of nitrogens with zero attached hydrogens (tertiary/aromatic N) is 3. The van der Waals surface area contributed by atoms with E-state index in [2.05, 4.69) is 15.7 Å². The van der Waals surface area contributed by atoms with Crippen molar-refractivity contribution in [2.24, 2.45) is 17.3 Å². The Morgan fingerprint density at radius 2 is 2.00 bits per heavy atom. The van der Waals surface area contributed by atoms with Gasteiger partial charge in [-0.25, -0.2) is 5.43 Å². The Labute approximate surface area is 301 Å². The lowest BCUT2D eigenvalue weighted by Gasteiger charge is -2.35. The van der Waals surface area contributed by atoms with E-state index in [1.165, 1.54) is 16.7 Å². The van der Waals surface area contributed by atoms with E-state index < -0.39 is 48.2 Å². The van der Waals surface area contributed by atoms with Gasteiger partial charge < -0.3 is 24.1 Å². The number of halogens is 3. The standard InChI is InChI=1S/C38H48F3N5O6/c1-22-16-26(22)34(47)43-30-19-51-15-12-24-10-11-31-27(17-24)28(18-37(3,4)21-52-36(49)29-9-7-14-46(44-29)35(30)48)33(45(31)20-38(39,40)41)25-8-6-13-42-32(25)23(2)50-5/h6,8,10-11,13,17,22-23,26,29-30,44H,7,9,12,14-16,18-21H2,1-5H3,(H,43,47)/t22-,23-,26-,29-,30-/m0/s1. The van der Waals surface area contributed by atoms with E-state index in [0.717, 1.165) is 12.0 Å². The number of carbonyl (C=O) groups excluding carboxylic acids is 3. The van der Waals surface area contributed by atoms with Crippen molar-refractivity contribution in [3.63, 3.8) is 0 Å². The minimum Gasteiger partial charge on any atom is -0.464 e. The number of esters is 1. The fourth-order valence-electron chi connectivity index (χ4n) is 7.24. The lowest BCUT2D eigenvalue weighted by atomic mass is 9.84. The zero-order valence-corrected chi connectivity index (χ0v) is 30.3. The topological polar surface area (TPSA) is 124 Å². The lowest BCUT2D eigenvalue weighted by molar-refractivity contribution is -0.156. The third-order valence-corrected chi connectivity index (χ3v) is 10.3. The van der Waals surface area contributed by atoms with E-state index in [-0.39, 0.29) is 44.0 Å². The molecule has 5 atom stereocenters. The Kier molecular flexibility index (Phi) is 11.0. The first kappa shape index (κ1) is 37.7. The van der Waals surface area contributed by atoms with Gasteiger partial charge in [-0.3, -0.25) is 24.4 Å². The van der Waals surface area contributed by atoms with Gasteiger partial charge in [-0.2, -0.15) is 13.2 Å². The number of pyridine rings is 1. The van der Waals surface area contributed by atoms with Gasteiger partial charge in [0, 0.05) is 47.7 Å². The number of aromatic nitrogens is 2. The Morgan fingerprint density at radius 3 is 2.71 bits per heavy atom. The van der Waals surface area contributed by atoms with Crippen LogP contribution in [-0.4, -0.2) is 84.1 Å². The maximum Gasteiger partial charge on any atom is 0.406 e. The quantitative estimate of drug-likeness (QED) is 0.329. The molecule has 2 aromatic heterocycles. The molecule has 4 heterocycles. The van der Waals surface area contributed by atoms with E-state index in [0.29, 0.717) is 59.2 Å². The number of alkyl halides is 3.